The molecule has 0 amide bonds. The van der Waals surface area contributed by atoms with Crippen LogP contribution in [0.4, 0.5) is 0 Å². The number of hydrogen-bond donors (Lipinski definition) is 0. The van der Waals surface area contributed by atoms with Crippen molar-refractivity contribution < 1.29 is 19.1 Å². The third-order valence-electron chi connectivity index (χ3n) is 4.83. The van der Waals surface area contributed by atoms with Crippen molar-refractivity contribution >= 4 is 11.9 Å². The molecule has 3 atom stereocenters. The number of esters is 2. The molecule has 0 aliphatic heterocycles. The predicted octanol–water partition coefficient (Wildman–Crippen LogP) is 3.21. The molecule has 0 aromatic rings. The number of carbonyl (C=O) groups excluding carboxylic acids is 2. The molecule has 0 N–H and O–H groups in total. The molecule has 1 saturated carbocycles. The Kier molecular flexibility index (Phi) is 4.98. The molecular formula is C18H28O4. The minimum atomic E-state index is -1.15. The van der Waals surface area contributed by atoms with E-state index in [4.69, 9.17) is 9.47 Å². The van der Waals surface area contributed by atoms with Crippen LogP contribution < -0.4 is 0 Å². The molecule has 2 bridgehead atoms. The van der Waals surface area contributed by atoms with Crippen LogP contribution in [0.2, 0.25) is 0 Å². The second-order valence-electron chi connectivity index (χ2n) is 7.53. The van der Waals surface area contributed by atoms with E-state index in [0.29, 0.717) is 13.2 Å². The molecule has 0 spiro atoms. The first-order valence-electron chi connectivity index (χ1n) is 8.32. The monoisotopic (exact) mass is 308 g/mol. The maximum Gasteiger partial charge on any atom is 0.324 e. The van der Waals surface area contributed by atoms with E-state index in [1.54, 1.807) is 0 Å². The van der Waals surface area contributed by atoms with E-state index >= 15 is 0 Å². The van der Waals surface area contributed by atoms with Crippen molar-refractivity contribution in [2.24, 2.45) is 35.0 Å². The Labute approximate surface area is 133 Å². The molecule has 2 aliphatic carbocycles. The number of rotatable bonds is 6. The number of carbonyl (C=O) groups is 2. The highest BCUT2D eigenvalue weighted by Gasteiger charge is 2.65. The third-order valence-corrected chi connectivity index (χ3v) is 4.83. The molecule has 4 heteroatoms. The van der Waals surface area contributed by atoms with E-state index in [9.17, 15) is 9.59 Å². The van der Waals surface area contributed by atoms with Crippen LogP contribution >= 0.6 is 0 Å². The molecule has 2 aliphatic rings. The maximum absolute atomic E-state index is 12.8. The summed E-state index contributed by atoms with van der Waals surface area (Å²) in [6.07, 6.45) is 4.96. The Morgan fingerprint density at radius 1 is 1.05 bits per heavy atom. The predicted molar refractivity (Wildman–Crippen MR) is 83.9 cm³/mol. The van der Waals surface area contributed by atoms with Gasteiger partial charge in [0, 0.05) is 5.92 Å². The van der Waals surface area contributed by atoms with E-state index in [1.807, 2.05) is 40.7 Å². The molecule has 0 saturated heterocycles. The summed E-state index contributed by atoms with van der Waals surface area (Å²) < 4.78 is 10.9. The van der Waals surface area contributed by atoms with Gasteiger partial charge in [0.05, 0.1) is 13.2 Å². The Bertz CT molecular complexity index is 440. The van der Waals surface area contributed by atoms with Crippen molar-refractivity contribution in [1.82, 2.24) is 0 Å². The van der Waals surface area contributed by atoms with Crippen LogP contribution in [0.1, 0.15) is 41.0 Å². The minimum Gasteiger partial charge on any atom is -0.465 e. The molecule has 124 valence electrons. The van der Waals surface area contributed by atoms with Gasteiger partial charge in [-0.3, -0.25) is 9.59 Å². The summed E-state index contributed by atoms with van der Waals surface area (Å²) in [4.78, 5) is 25.6. The molecule has 0 aromatic heterocycles. The number of allylic oxidation sites excluding steroid dienone is 2. The Hall–Kier alpha value is -1.32. The largest absolute Gasteiger partial charge is 0.465 e. The molecule has 22 heavy (non-hydrogen) atoms. The average Bonchev–Trinajstić information content (AvgIpc) is 3.02. The summed E-state index contributed by atoms with van der Waals surface area (Å²) in [5, 5.41) is 0. The Morgan fingerprint density at radius 2 is 1.55 bits per heavy atom. The zero-order valence-electron chi connectivity index (χ0n) is 14.3. The van der Waals surface area contributed by atoms with Crippen LogP contribution in [-0.4, -0.2) is 25.2 Å². The number of fused-ring (bicyclic) bond motifs is 2. The fraction of sp³-hybridized carbons (Fsp3) is 0.778. The molecule has 2 rings (SSSR count). The topological polar surface area (TPSA) is 52.6 Å². The Balaban J connectivity index is 2.24. The highest BCUT2D eigenvalue weighted by atomic mass is 16.6. The fourth-order valence-corrected chi connectivity index (χ4v) is 3.59. The van der Waals surface area contributed by atoms with Gasteiger partial charge in [-0.1, -0.05) is 46.8 Å². The highest BCUT2D eigenvalue weighted by molar-refractivity contribution is 6.02. The first-order valence-corrected chi connectivity index (χ1v) is 8.32. The second-order valence-corrected chi connectivity index (χ2v) is 7.53. The van der Waals surface area contributed by atoms with E-state index < -0.39 is 17.4 Å². The summed E-state index contributed by atoms with van der Waals surface area (Å²) in [7, 11) is 0. The first kappa shape index (κ1) is 17.0. The van der Waals surface area contributed by atoms with Crippen molar-refractivity contribution in [2.45, 2.75) is 41.0 Å². The summed E-state index contributed by atoms with van der Waals surface area (Å²) in [5.41, 5.74) is -1.15. The van der Waals surface area contributed by atoms with Crippen LogP contribution in [0.15, 0.2) is 12.2 Å². The molecule has 3 unspecified atom stereocenters. The van der Waals surface area contributed by atoms with Crippen LogP contribution in [0.3, 0.4) is 0 Å². The van der Waals surface area contributed by atoms with E-state index in [0.717, 1.165) is 6.42 Å². The number of ether oxygens (including phenoxy) is 2. The molecule has 0 heterocycles. The van der Waals surface area contributed by atoms with Gasteiger partial charge in [0.25, 0.3) is 0 Å². The van der Waals surface area contributed by atoms with E-state index in [-0.39, 0.29) is 29.6 Å². The van der Waals surface area contributed by atoms with Gasteiger partial charge >= 0.3 is 11.9 Å². The SMILES string of the molecule is CC(C)COC(=O)C1(C(=O)OCC(C)C)C2C=CC(C2)C1C. The van der Waals surface area contributed by atoms with Crippen molar-refractivity contribution in [2.75, 3.05) is 13.2 Å². The van der Waals surface area contributed by atoms with Crippen LogP contribution in [0.25, 0.3) is 0 Å². The van der Waals surface area contributed by atoms with Crippen molar-refractivity contribution in [3.8, 4) is 0 Å². The van der Waals surface area contributed by atoms with Gasteiger partial charge in [0.2, 0.25) is 0 Å². The molecular weight excluding hydrogens is 280 g/mol. The van der Waals surface area contributed by atoms with Crippen LogP contribution in [0.5, 0.6) is 0 Å². The van der Waals surface area contributed by atoms with Gasteiger partial charge in [-0.05, 0) is 30.1 Å². The van der Waals surface area contributed by atoms with Crippen LogP contribution in [-0.2, 0) is 19.1 Å². The lowest BCUT2D eigenvalue weighted by atomic mass is 9.69. The third kappa shape index (κ3) is 2.80. The summed E-state index contributed by atoms with van der Waals surface area (Å²) in [5.74, 6) is -0.204. The fourth-order valence-electron chi connectivity index (χ4n) is 3.59. The quantitative estimate of drug-likeness (QED) is 0.429. The zero-order chi connectivity index (χ0) is 16.5. The lowest BCUT2D eigenvalue weighted by Crippen LogP contribution is -2.50. The summed E-state index contributed by atoms with van der Waals surface area (Å²) in [6, 6.07) is 0. The van der Waals surface area contributed by atoms with Gasteiger partial charge in [-0.2, -0.15) is 0 Å². The van der Waals surface area contributed by atoms with Crippen molar-refractivity contribution in [1.29, 1.82) is 0 Å². The molecule has 1 fully saturated rings. The highest BCUT2D eigenvalue weighted by Crippen LogP contribution is 2.57. The van der Waals surface area contributed by atoms with Gasteiger partial charge < -0.3 is 9.47 Å². The molecule has 4 nitrogen and oxygen atoms in total. The van der Waals surface area contributed by atoms with Gasteiger partial charge in [0.15, 0.2) is 5.41 Å². The lowest BCUT2D eigenvalue weighted by molar-refractivity contribution is -0.179. The normalized spacial score (nSPS) is 28.4. The van der Waals surface area contributed by atoms with Gasteiger partial charge in [0.1, 0.15) is 0 Å². The van der Waals surface area contributed by atoms with E-state index in [2.05, 4.69) is 6.08 Å². The summed E-state index contributed by atoms with van der Waals surface area (Å²) in [6.45, 7) is 10.6. The Morgan fingerprint density at radius 3 is 1.91 bits per heavy atom. The maximum atomic E-state index is 12.8. The van der Waals surface area contributed by atoms with Crippen molar-refractivity contribution in [3.63, 3.8) is 0 Å². The number of hydrogen-bond acceptors (Lipinski definition) is 4. The standard InChI is InChI=1S/C18H28O4/c1-11(2)9-21-16(19)18(17(20)22-10-12(3)4)13(5)14-6-7-15(18)8-14/h6-7,11-15H,8-10H2,1-5H3. The zero-order valence-corrected chi connectivity index (χ0v) is 14.3. The lowest BCUT2D eigenvalue weighted by Gasteiger charge is -2.35. The van der Waals surface area contributed by atoms with Gasteiger partial charge in [-0.25, -0.2) is 0 Å². The van der Waals surface area contributed by atoms with Crippen LogP contribution in [0, 0.1) is 35.0 Å². The van der Waals surface area contributed by atoms with Crippen molar-refractivity contribution in [3.05, 3.63) is 12.2 Å². The second kappa shape index (κ2) is 6.43. The molecule has 0 aromatic carbocycles. The minimum absolute atomic E-state index is 0.0678. The van der Waals surface area contributed by atoms with E-state index in [1.165, 1.54) is 0 Å². The van der Waals surface area contributed by atoms with Gasteiger partial charge in [-0.15, -0.1) is 0 Å². The first-order chi connectivity index (χ1) is 10.3. The smallest absolute Gasteiger partial charge is 0.324 e. The average molecular weight is 308 g/mol. The molecule has 0 radical (unpaired) electrons. The summed E-state index contributed by atoms with van der Waals surface area (Å²) >= 11 is 0.